The molecular weight excluding hydrogens is 1020 g/mol. The average Bonchev–Trinajstić information content (AvgIpc) is 4.32. The number of carboxylic acids is 1. The number of benzene rings is 2. The molecule has 4 N–H and O–H groups in total. The summed E-state index contributed by atoms with van der Waals surface area (Å²) in [6.45, 7) is 11.8. The van der Waals surface area contributed by atoms with E-state index in [1.54, 1.807) is 122 Å². The van der Waals surface area contributed by atoms with E-state index in [4.69, 9.17) is 15.5 Å². The standard InChI is InChI=1S/C11H10N2O4.C10H7N3O2.C8H7N3O2.C5H8N2O3.C4H6N2O2.2C3H4N2O2/c1-7-12-17-11(16)13(7)6-8-4-2-3-5-9(8)10(14)15;1-7-12-15-10(14)13(7)9-5-3-2-4-8(9)6-11;1-6-10-13-8(12)11(6)7-4-2-3-5-9-7;1-4-6-10-5(9)7(4)2-3-8;1-3-5-8-4(7)6(3)2;1-2-4-3(6)5-7-2;1-2-4-3(6)7-5-2/h2-5H,6H2,1H3,(H,14,15);2-5H,1H3;2-5H,1H3;8H,2-3H2,1H3;1-2H3;1H3,(H,5,6);1H3,(H,4,5,6). The van der Waals surface area contributed by atoms with Gasteiger partial charge in [0.05, 0.1) is 36.5 Å². The SMILES string of the molecule is Cc1nc(=O)[nH]o1.Cc1noc(=O)[nH]1.Cc1noc(=O)n1-c1ccccc1C#N.Cc1noc(=O)n1-c1ccccn1.Cc1noc(=O)n1C.Cc1noc(=O)n1CCO.Cc1noc(=O)n1Cc1ccccc1C(=O)O. The van der Waals surface area contributed by atoms with Crippen LogP contribution in [-0.4, -0.2) is 96.7 Å². The zero-order valence-corrected chi connectivity index (χ0v) is 41.8. The van der Waals surface area contributed by atoms with E-state index in [1.165, 1.54) is 28.9 Å². The summed E-state index contributed by atoms with van der Waals surface area (Å²) >= 11 is 0. The number of aromatic nitrogens is 15. The van der Waals surface area contributed by atoms with Gasteiger partial charge in [0.2, 0.25) is 5.89 Å². The van der Waals surface area contributed by atoms with E-state index in [0.717, 1.165) is 0 Å². The van der Waals surface area contributed by atoms with E-state index in [9.17, 15) is 38.4 Å². The maximum absolute atomic E-state index is 11.3. The maximum atomic E-state index is 11.3. The van der Waals surface area contributed by atoms with Crippen molar-refractivity contribution in [1.29, 1.82) is 5.26 Å². The first-order valence-corrected chi connectivity index (χ1v) is 21.7. The van der Waals surface area contributed by atoms with Gasteiger partial charge in [-0.1, -0.05) is 67.3 Å². The number of carboxylic acid groups (broad SMARTS) is 1. The van der Waals surface area contributed by atoms with Crippen LogP contribution in [0, 0.1) is 59.8 Å². The molecule has 0 aliphatic heterocycles. The highest BCUT2D eigenvalue weighted by Gasteiger charge is 2.14. The Kier molecular flexibility index (Phi) is 21.6. The van der Waals surface area contributed by atoms with Crippen molar-refractivity contribution >= 4 is 5.97 Å². The number of aliphatic hydroxyl groups excluding tert-OH is 1. The van der Waals surface area contributed by atoms with Crippen LogP contribution < -0.4 is 40.2 Å². The molecular formula is C44H46N16O17. The van der Waals surface area contributed by atoms with Gasteiger partial charge in [0.25, 0.3) is 0 Å². The van der Waals surface area contributed by atoms with E-state index in [-0.39, 0.29) is 25.3 Å². The Morgan fingerprint density at radius 3 is 1.58 bits per heavy atom. The summed E-state index contributed by atoms with van der Waals surface area (Å²) in [6.07, 6.45) is 1.61. The molecule has 0 saturated heterocycles. The minimum absolute atomic E-state index is 0.0814. The fourth-order valence-electron chi connectivity index (χ4n) is 5.63. The second-order valence-electron chi connectivity index (χ2n) is 14.8. The summed E-state index contributed by atoms with van der Waals surface area (Å²) in [6, 6.07) is 20.6. The van der Waals surface area contributed by atoms with Crippen molar-refractivity contribution in [2.24, 2.45) is 7.05 Å². The normalized spacial score (nSPS) is 9.97. The summed E-state index contributed by atoms with van der Waals surface area (Å²) in [5.41, 5.74) is 1.17. The molecule has 0 saturated carbocycles. The first-order chi connectivity index (χ1) is 36.7. The number of rotatable bonds is 7. The van der Waals surface area contributed by atoms with Crippen molar-refractivity contribution in [2.75, 3.05) is 6.61 Å². The van der Waals surface area contributed by atoms with E-state index < -0.39 is 46.2 Å². The third-order valence-corrected chi connectivity index (χ3v) is 9.41. The fraction of sp³-hybridized carbons (Fsp3) is 0.250. The highest BCUT2D eigenvalue weighted by Crippen LogP contribution is 2.13. The Morgan fingerprint density at radius 1 is 0.636 bits per heavy atom. The van der Waals surface area contributed by atoms with Crippen LogP contribution in [0.25, 0.3) is 11.5 Å². The number of hydrogen-bond acceptors (Lipinski definition) is 25. The van der Waals surface area contributed by atoms with Crippen LogP contribution in [-0.2, 0) is 20.1 Å². The van der Waals surface area contributed by atoms with E-state index in [2.05, 4.69) is 77.6 Å². The Bertz CT molecular complexity index is 3890. The molecule has 33 heteroatoms. The average molecular weight is 1070 g/mol. The summed E-state index contributed by atoms with van der Waals surface area (Å²) in [7, 11) is 1.61. The van der Waals surface area contributed by atoms with Crippen molar-refractivity contribution < 1.29 is 46.7 Å². The minimum atomic E-state index is -1.03. The molecule has 2 aromatic carbocycles. The number of pyridine rings is 1. The van der Waals surface area contributed by atoms with Gasteiger partial charge in [0.1, 0.15) is 17.7 Å². The van der Waals surface area contributed by atoms with Crippen molar-refractivity contribution in [1.82, 2.24) is 73.9 Å². The van der Waals surface area contributed by atoms with E-state index in [1.807, 2.05) is 11.2 Å². The predicted molar refractivity (Wildman–Crippen MR) is 257 cm³/mol. The molecule has 8 heterocycles. The first-order valence-electron chi connectivity index (χ1n) is 21.7. The van der Waals surface area contributed by atoms with Gasteiger partial charge in [-0.2, -0.15) is 15.4 Å². The second-order valence-corrected chi connectivity index (χ2v) is 14.8. The number of nitriles is 1. The van der Waals surface area contributed by atoms with Crippen LogP contribution in [0.1, 0.15) is 62.3 Å². The molecule has 0 amide bonds. The highest BCUT2D eigenvalue weighted by molar-refractivity contribution is 5.89. The lowest BCUT2D eigenvalue weighted by molar-refractivity contribution is 0.0695. The monoisotopic (exact) mass is 1070 g/mol. The number of aliphatic hydroxyl groups is 1. The first kappa shape index (κ1) is 58.7. The molecule has 0 aliphatic rings. The Labute approximate surface area is 428 Å². The number of aromatic carboxylic acids is 1. The number of H-pyrrole nitrogens is 2. The quantitative estimate of drug-likeness (QED) is 0.170. The highest BCUT2D eigenvalue weighted by atomic mass is 16.5. The van der Waals surface area contributed by atoms with Crippen LogP contribution in [0.5, 0.6) is 0 Å². The molecule has 0 fully saturated rings. The van der Waals surface area contributed by atoms with E-state index >= 15 is 0 Å². The largest absolute Gasteiger partial charge is 0.478 e. The molecule has 0 unspecified atom stereocenters. The maximum Gasteiger partial charge on any atom is 0.447 e. The zero-order chi connectivity index (χ0) is 56.8. The summed E-state index contributed by atoms with van der Waals surface area (Å²) in [5, 5.41) is 49.0. The summed E-state index contributed by atoms with van der Waals surface area (Å²) in [4.78, 5) is 95.5. The number of nitrogens with one attached hydrogen (secondary N) is 2. The van der Waals surface area contributed by atoms with Gasteiger partial charge < -0.3 is 14.7 Å². The third kappa shape index (κ3) is 17.1. The van der Waals surface area contributed by atoms with E-state index in [0.29, 0.717) is 63.5 Å². The Morgan fingerprint density at radius 2 is 1.18 bits per heavy atom. The molecule has 10 aromatic rings. The van der Waals surface area contributed by atoms with Crippen molar-refractivity contribution in [3.8, 4) is 17.6 Å². The lowest BCUT2D eigenvalue weighted by atomic mass is 10.1. The predicted octanol–water partition coefficient (Wildman–Crippen LogP) is 0.587. The number of para-hydroxylation sites is 1. The van der Waals surface area contributed by atoms with Gasteiger partial charge >= 0.3 is 46.2 Å². The van der Waals surface area contributed by atoms with Gasteiger partial charge in [-0.05, 0) is 77.4 Å². The van der Waals surface area contributed by atoms with Crippen molar-refractivity contribution in [3.63, 3.8) is 0 Å². The number of aromatic amines is 2. The van der Waals surface area contributed by atoms with Gasteiger partial charge in [0, 0.05) is 20.2 Å². The lowest BCUT2D eigenvalue weighted by Crippen LogP contribution is -2.18. The van der Waals surface area contributed by atoms with Gasteiger partial charge in [-0.25, -0.2) is 52.5 Å². The fourth-order valence-corrected chi connectivity index (χ4v) is 5.63. The number of carbonyl (C=O) groups is 1. The van der Waals surface area contributed by atoms with Gasteiger partial charge in [0.15, 0.2) is 29.1 Å². The molecule has 10 rings (SSSR count). The van der Waals surface area contributed by atoms with Gasteiger partial charge in [-0.15, -0.1) is 0 Å². The third-order valence-electron chi connectivity index (χ3n) is 9.41. The van der Waals surface area contributed by atoms with Crippen LogP contribution in [0.2, 0.25) is 0 Å². The van der Waals surface area contributed by atoms with Crippen LogP contribution in [0.4, 0.5) is 0 Å². The Balaban J connectivity index is 0.000000199. The number of aryl methyl sites for hydroxylation is 7. The number of hydrogen-bond donors (Lipinski definition) is 4. The molecule has 0 aliphatic carbocycles. The van der Waals surface area contributed by atoms with Gasteiger partial charge in [-0.3, -0.25) is 45.8 Å². The number of nitrogens with zero attached hydrogens (tertiary/aromatic N) is 14. The van der Waals surface area contributed by atoms with Crippen molar-refractivity contribution in [3.05, 3.63) is 204 Å². The molecule has 33 nitrogen and oxygen atoms in total. The molecule has 0 spiro atoms. The Hall–Kier alpha value is -10.9. The summed E-state index contributed by atoms with van der Waals surface area (Å²) in [5.74, 6) is -0.375. The molecule has 0 atom stereocenters. The molecule has 0 radical (unpaired) electrons. The molecule has 404 valence electrons. The van der Waals surface area contributed by atoms with Crippen LogP contribution in [0.3, 0.4) is 0 Å². The van der Waals surface area contributed by atoms with Crippen LogP contribution >= 0.6 is 0 Å². The van der Waals surface area contributed by atoms with Crippen molar-refractivity contribution in [2.45, 2.75) is 61.6 Å². The topological polar surface area (TPSA) is 452 Å². The minimum Gasteiger partial charge on any atom is -0.478 e. The zero-order valence-electron chi connectivity index (χ0n) is 41.8. The smallest absolute Gasteiger partial charge is 0.447 e. The summed E-state index contributed by atoms with van der Waals surface area (Å²) < 4.78 is 37.0. The molecule has 8 aromatic heterocycles. The lowest BCUT2D eigenvalue weighted by Gasteiger charge is -2.05. The van der Waals surface area contributed by atoms with Crippen LogP contribution in [0.15, 0.2) is 138 Å². The molecule has 77 heavy (non-hydrogen) atoms. The second kappa shape index (κ2) is 28.4. The molecule has 0 bridgehead atoms.